The average molecular weight is 637 g/mol. The molecule has 0 bridgehead atoms. The molecule has 1 saturated heterocycles. The van der Waals surface area contributed by atoms with E-state index in [1.165, 1.54) is 26.0 Å². The maximum atomic E-state index is 13.4. The molecule has 1 heterocycles. The first-order valence-corrected chi connectivity index (χ1v) is 15.3. The Hall–Kier alpha value is -2.67. The lowest BCUT2D eigenvalue weighted by atomic mass is 9.97. The van der Waals surface area contributed by atoms with E-state index in [1.54, 1.807) is 36.4 Å². The van der Waals surface area contributed by atoms with Gasteiger partial charge in [0.05, 0.1) is 27.6 Å². The van der Waals surface area contributed by atoms with Gasteiger partial charge in [0.25, 0.3) is 5.78 Å². The van der Waals surface area contributed by atoms with Gasteiger partial charge in [0, 0.05) is 25.6 Å². The molecule has 0 unspecified atom stereocenters. The van der Waals surface area contributed by atoms with Crippen molar-refractivity contribution in [2.45, 2.75) is 44.6 Å². The number of hydrogen-bond donors (Lipinski definition) is 2. The van der Waals surface area contributed by atoms with Crippen molar-refractivity contribution in [3.8, 4) is 0 Å². The van der Waals surface area contributed by atoms with Crippen LogP contribution in [0, 0.1) is 5.92 Å². The van der Waals surface area contributed by atoms with Crippen LogP contribution in [0.15, 0.2) is 48.5 Å². The Bertz CT molecular complexity index is 1360. The number of benzene rings is 2. The summed E-state index contributed by atoms with van der Waals surface area (Å²) in [5.74, 6) is -4.82. The zero-order valence-corrected chi connectivity index (χ0v) is 24.6. The van der Waals surface area contributed by atoms with Crippen molar-refractivity contribution >= 4 is 50.6 Å². The normalized spacial score (nSPS) is 17.9. The lowest BCUT2D eigenvalue weighted by molar-refractivity contribution is -0.175. The standard InChI is InChI=1S/C27H30Cl2F3N3O5S/c1-16(2)23(25(37)27(30,31)32)34-26(38)24(17-6-4-3-5-7-17)33-22(36)15-21(18-8-9-19(28)20(29)14-18)35-10-12-41(39,40)13-11-35/h3-9,14,16,21,23-24H,10-13,15H2,1-2H3,(H,33,36)(H,34,38)/t21-,23+,24+/m1/s1. The molecule has 2 aromatic carbocycles. The molecule has 0 saturated carbocycles. The fourth-order valence-electron chi connectivity index (χ4n) is 4.50. The summed E-state index contributed by atoms with van der Waals surface area (Å²) in [6, 6.07) is 8.75. The third-order valence-electron chi connectivity index (χ3n) is 6.75. The minimum absolute atomic E-state index is 0.106. The van der Waals surface area contributed by atoms with Gasteiger partial charge in [-0.3, -0.25) is 19.3 Å². The van der Waals surface area contributed by atoms with E-state index in [-0.39, 0.29) is 46.6 Å². The van der Waals surface area contributed by atoms with Crippen LogP contribution in [0.1, 0.15) is 43.5 Å². The van der Waals surface area contributed by atoms with Crippen molar-refractivity contribution < 1.29 is 36.0 Å². The van der Waals surface area contributed by atoms with Crippen molar-refractivity contribution in [3.63, 3.8) is 0 Å². The Labute approximate surface area is 246 Å². The molecule has 0 radical (unpaired) electrons. The van der Waals surface area contributed by atoms with Gasteiger partial charge in [-0.05, 0) is 29.2 Å². The van der Waals surface area contributed by atoms with Gasteiger partial charge >= 0.3 is 6.18 Å². The first-order valence-electron chi connectivity index (χ1n) is 12.7. The fraction of sp³-hybridized carbons (Fsp3) is 0.444. The molecule has 41 heavy (non-hydrogen) atoms. The number of carbonyl (C=O) groups excluding carboxylic acids is 3. The van der Waals surface area contributed by atoms with E-state index in [1.807, 2.05) is 4.90 Å². The lowest BCUT2D eigenvalue weighted by Gasteiger charge is -2.35. The van der Waals surface area contributed by atoms with Crippen LogP contribution in [0.4, 0.5) is 13.2 Å². The molecule has 1 aliphatic heterocycles. The van der Waals surface area contributed by atoms with Crippen molar-refractivity contribution in [1.29, 1.82) is 0 Å². The second kappa shape index (κ2) is 13.5. The van der Waals surface area contributed by atoms with Crippen LogP contribution < -0.4 is 10.6 Å². The van der Waals surface area contributed by atoms with Gasteiger partial charge < -0.3 is 10.6 Å². The van der Waals surface area contributed by atoms with Gasteiger partial charge in [-0.1, -0.05) is 73.4 Å². The predicted octanol–water partition coefficient (Wildman–Crippen LogP) is 4.28. The quantitative estimate of drug-likeness (QED) is 0.403. The number of halogens is 5. The number of nitrogens with zero attached hydrogens (tertiary/aromatic N) is 1. The van der Waals surface area contributed by atoms with E-state index < -0.39 is 57.7 Å². The van der Waals surface area contributed by atoms with Crippen molar-refractivity contribution in [2.24, 2.45) is 5.92 Å². The summed E-state index contributed by atoms with van der Waals surface area (Å²) in [6.45, 7) is 3.04. The molecular weight excluding hydrogens is 606 g/mol. The highest BCUT2D eigenvalue weighted by molar-refractivity contribution is 7.91. The highest BCUT2D eigenvalue weighted by Crippen LogP contribution is 2.32. The van der Waals surface area contributed by atoms with Crippen LogP contribution in [0.2, 0.25) is 10.0 Å². The molecule has 0 aliphatic carbocycles. The van der Waals surface area contributed by atoms with Crippen LogP contribution in [0.5, 0.6) is 0 Å². The molecular formula is C27H30Cl2F3N3O5S. The molecule has 224 valence electrons. The molecule has 2 N–H and O–H groups in total. The topological polar surface area (TPSA) is 113 Å². The van der Waals surface area contributed by atoms with Gasteiger partial charge in [0.2, 0.25) is 11.8 Å². The summed E-state index contributed by atoms with van der Waals surface area (Å²) < 4.78 is 63.6. The molecule has 14 heteroatoms. The highest BCUT2D eigenvalue weighted by atomic mass is 35.5. The van der Waals surface area contributed by atoms with Gasteiger partial charge in [-0.15, -0.1) is 0 Å². The average Bonchev–Trinajstić information content (AvgIpc) is 2.90. The van der Waals surface area contributed by atoms with E-state index in [0.29, 0.717) is 5.56 Å². The SMILES string of the molecule is CC(C)[C@H](NC(=O)[C@@H](NC(=O)C[C@H](c1ccc(Cl)c(Cl)c1)N1CCS(=O)(=O)CC1)c1ccccc1)C(=O)C(F)(F)F. The Kier molecular flexibility index (Phi) is 10.8. The molecule has 1 fully saturated rings. The Balaban J connectivity index is 1.88. The zero-order chi connectivity index (χ0) is 30.5. The van der Waals surface area contributed by atoms with Crippen LogP contribution in [-0.4, -0.2) is 67.7 Å². The molecule has 0 aromatic heterocycles. The predicted molar refractivity (Wildman–Crippen MR) is 149 cm³/mol. The maximum absolute atomic E-state index is 13.4. The van der Waals surface area contributed by atoms with Crippen LogP contribution in [-0.2, 0) is 24.2 Å². The number of nitrogens with one attached hydrogen (secondary N) is 2. The molecule has 3 rings (SSSR count). The van der Waals surface area contributed by atoms with Crippen molar-refractivity contribution in [1.82, 2.24) is 15.5 Å². The van der Waals surface area contributed by atoms with Gasteiger partial charge in [-0.2, -0.15) is 13.2 Å². The number of carbonyl (C=O) groups is 3. The summed E-state index contributed by atoms with van der Waals surface area (Å²) in [6.07, 6.45) is -5.40. The summed E-state index contributed by atoms with van der Waals surface area (Å²) in [5.41, 5.74) is 0.876. The summed E-state index contributed by atoms with van der Waals surface area (Å²) in [4.78, 5) is 40.5. The second-order valence-electron chi connectivity index (χ2n) is 10.1. The van der Waals surface area contributed by atoms with Crippen LogP contribution in [0.25, 0.3) is 0 Å². The Morgan fingerprint density at radius 3 is 2.07 bits per heavy atom. The third kappa shape index (κ3) is 8.91. The van der Waals surface area contributed by atoms with Gasteiger partial charge in [0.15, 0.2) is 9.84 Å². The van der Waals surface area contributed by atoms with Gasteiger partial charge in [0.1, 0.15) is 6.04 Å². The monoisotopic (exact) mass is 635 g/mol. The van der Waals surface area contributed by atoms with Crippen molar-refractivity contribution in [3.05, 3.63) is 69.7 Å². The molecule has 2 aromatic rings. The molecule has 1 aliphatic rings. The van der Waals surface area contributed by atoms with Gasteiger partial charge in [-0.25, -0.2) is 8.42 Å². The number of alkyl halides is 3. The number of amides is 2. The summed E-state index contributed by atoms with van der Waals surface area (Å²) in [5, 5.41) is 5.27. The highest BCUT2D eigenvalue weighted by Gasteiger charge is 2.45. The van der Waals surface area contributed by atoms with Crippen LogP contribution in [0.3, 0.4) is 0 Å². The lowest BCUT2D eigenvalue weighted by Crippen LogP contribution is -2.53. The molecule has 8 nitrogen and oxygen atoms in total. The van der Waals surface area contributed by atoms with E-state index in [2.05, 4.69) is 10.6 Å². The third-order valence-corrected chi connectivity index (χ3v) is 9.10. The van der Waals surface area contributed by atoms with Crippen molar-refractivity contribution in [2.75, 3.05) is 24.6 Å². The number of hydrogen-bond acceptors (Lipinski definition) is 6. The minimum Gasteiger partial charge on any atom is -0.344 e. The number of Topliss-reactive ketones (excluding diaryl/α,β-unsaturated/α-hetero) is 1. The zero-order valence-electron chi connectivity index (χ0n) is 22.3. The fourth-order valence-corrected chi connectivity index (χ4v) is 6.04. The first-order chi connectivity index (χ1) is 19.1. The van der Waals surface area contributed by atoms with E-state index in [4.69, 9.17) is 23.2 Å². The number of ketones is 1. The first kappa shape index (κ1) is 32.8. The van der Waals surface area contributed by atoms with E-state index in [9.17, 15) is 36.0 Å². The Morgan fingerprint density at radius 2 is 1.54 bits per heavy atom. The maximum Gasteiger partial charge on any atom is 0.452 e. The molecule has 3 atom stereocenters. The number of sulfone groups is 1. The van der Waals surface area contributed by atoms with Crippen LogP contribution >= 0.6 is 23.2 Å². The smallest absolute Gasteiger partial charge is 0.344 e. The van der Waals surface area contributed by atoms with E-state index in [0.717, 1.165) is 0 Å². The second-order valence-corrected chi connectivity index (χ2v) is 13.2. The largest absolute Gasteiger partial charge is 0.452 e. The summed E-state index contributed by atoms with van der Waals surface area (Å²) >= 11 is 12.3. The minimum atomic E-state index is -5.16. The van der Waals surface area contributed by atoms with E-state index >= 15 is 0 Å². The molecule has 2 amide bonds. The summed E-state index contributed by atoms with van der Waals surface area (Å²) in [7, 11) is -3.23. The number of rotatable bonds is 10. The Morgan fingerprint density at radius 1 is 0.927 bits per heavy atom. The molecule has 0 spiro atoms.